The van der Waals surface area contributed by atoms with Gasteiger partial charge in [0.25, 0.3) is 0 Å². The van der Waals surface area contributed by atoms with Crippen LogP contribution in [-0.4, -0.2) is 77.4 Å². The highest BCUT2D eigenvalue weighted by Crippen LogP contribution is 2.62. The van der Waals surface area contributed by atoms with Crippen LogP contribution in [0.5, 0.6) is 11.5 Å². The molecule has 3 aliphatic rings. The molecule has 2 aliphatic carbocycles. The number of allylic oxidation sites excluding steroid dienone is 1. The van der Waals surface area contributed by atoms with Crippen molar-refractivity contribution in [1.29, 1.82) is 0 Å². The Morgan fingerprint density at radius 3 is 2.45 bits per heavy atom. The van der Waals surface area contributed by atoms with Crippen molar-refractivity contribution in [2.75, 3.05) is 33.0 Å². The van der Waals surface area contributed by atoms with Gasteiger partial charge in [-0.2, -0.15) is 0 Å². The molecule has 1 heterocycles. The fraction of sp³-hybridized carbons (Fsp3) is 0.500. The Morgan fingerprint density at radius 2 is 1.72 bits per heavy atom. The molecule has 10 nitrogen and oxygen atoms in total. The number of rotatable bonds is 19. The van der Waals surface area contributed by atoms with Crippen LogP contribution in [0.1, 0.15) is 89.7 Å². The standard InChI is InChI=1S/C48H62N2O8/c1-7-27-55-36-23-24-42-40(30-36)44-38(22-13-15-26-52)34(18-12-14-25-51)29-39-41(49-58-47(4,5)6)31-43(48(57-42,45(39)44)56-28-8-2)50(46(53)54-9-3)32-35-20-16-19-33-17-10-11-21-37(33)35/h7-8,10-11,16-17,19-21,23-24,29-30,34,38,43-45,51-52H,1-2,9,12-15,18,22,25-28,31-32H2,3-6H3/t34-,38+,43-,44+,45+,48+/m0/s1. The van der Waals surface area contributed by atoms with E-state index in [-0.39, 0.29) is 57.1 Å². The van der Waals surface area contributed by atoms with Crippen LogP contribution in [0.3, 0.4) is 0 Å². The van der Waals surface area contributed by atoms with Crippen molar-refractivity contribution in [3.8, 4) is 11.5 Å². The summed E-state index contributed by atoms with van der Waals surface area (Å²) in [5.41, 5.74) is 3.06. The number of nitrogens with zero attached hydrogens (tertiary/aromatic N) is 2. The minimum atomic E-state index is -1.41. The Morgan fingerprint density at radius 1 is 0.983 bits per heavy atom. The predicted molar refractivity (Wildman–Crippen MR) is 228 cm³/mol. The lowest BCUT2D eigenvalue weighted by atomic mass is 9.55. The van der Waals surface area contributed by atoms with E-state index in [2.05, 4.69) is 49.6 Å². The highest BCUT2D eigenvalue weighted by atomic mass is 16.7. The lowest BCUT2D eigenvalue weighted by molar-refractivity contribution is -0.256. The van der Waals surface area contributed by atoms with Crippen LogP contribution in [-0.2, 0) is 20.9 Å². The number of aliphatic hydroxyl groups excluding tert-OH is 2. The average molecular weight is 795 g/mol. The molecular weight excluding hydrogens is 733 g/mol. The zero-order chi connectivity index (χ0) is 41.3. The van der Waals surface area contributed by atoms with E-state index in [1.807, 2.05) is 58.0 Å². The minimum absolute atomic E-state index is 0.0839. The molecule has 0 aromatic heterocycles. The molecule has 6 atom stereocenters. The summed E-state index contributed by atoms with van der Waals surface area (Å²) in [4.78, 5) is 22.6. The third-order valence-electron chi connectivity index (χ3n) is 11.5. The summed E-state index contributed by atoms with van der Waals surface area (Å²) in [6.45, 7) is 16.8. The van der Waals surface area contributed by atoms with Crippen LogP contribution in [0.15, 0.2) is 103 Å². The minimum Gasteiger partial charge on any atom is -0.490 e. The van der Waals surface area contributed by atoms with E-state index >= 15 is 0 Å². The number of carbonyl (C=O) groups excluding carboxylic acids is 1. The third kappa shape index (κ3) is 9.30. The fourth-order valence-corrected chi connectivity index (χ4v) is 9.21. The van der Waals surface area contributed by atoms with Gasteiger partial charge in [-0.25, -0.2) is 4.79 Å². The number of benzene rings is 3. The van der Waals surface area contributed by atoms with E-state index in [0.717, 1.165) is 58.9 Å². The van der Waals surface area contributed by atoms with Crippen LogP contribution >= 0.6 is 0 Å². The Balaban J connectivity index is 1.63. The summed E-state index contributed by atoms with van der Waals surface area (Å²) in [6, 6.07) is 19.5. The SMILES string of the molecule is C=CCOc1ccc2c(c1)[C@H]1[C@H](CCCCO)[C@@H](CCCCO)C=C3C(=NOC(C)(C)C)C[C@H](N(Cc4cccc5ccccc45)C(=O)OCC)[C@@](OCC=C)(O2)[C@H]31. The van der Waals surface area contributed by atoms with Gasteiger partial charge in [0, 0.05) is 31.1 Å². The highest BCUT2D eigenvalue weighted by Gasteiger charge is 2.65. The maximum Gasteiger partial charge on any atom is 0.410 e. The first kappa shape index (κ1) is 43.0. The first-order chi connectivity index (χ1) is 28.1. The molecule has 1 saturated carbocycles. The average Bonchev–Trinajstić information content (AvgIpc) is 3.21. The number of ether oxygens (including phenoxy) is 4. The molecule has 1 fully saturated rings. The van der Waals surface area contributed by atoms with Gasteiger partial charge in [-0.3, -0.25) is 4.90 Å². The van der Waals surface area contributed by atoms with Gasteiger partial charge in [-0.05, 0) is 105 Å². The zero-order valence-corrected chi connectivity index (χ0v) is 34.7. The topological polar surface area (TPSA) is 119 Å². The van der Waals surface area contributed by atoms with E-state index in [1.165, 1.54) is 0 Å². The molecule has 6 rings (SSSR count). The summed E-state index contributed by atoms with van der Waals surface area (Å²) in [6.07, 6.45) is 10.3. The van der Waals surface area contributed by atoms with Gasteiger partial charge in [0.2, 0.25) is 5.79 Å². The molecule has 1 aliphatic heterocycles. The van der Waals surface area contributed by atoms with Crippen LogP contribution in [0, 0.1) is 17.8 Å². The Hall–Kier alpha value is -4.64. The molecule has 0 bridgehead atoms. The summed E-state index contributed by atoms with van der Waals surface area (Å²) >= 11 is 0. The van der Waals surface area contributed by atoms with Gasteiger partial charge < -0.3 is 34.0 Å². The number of oxime groups is 1. The predicted octanol–water partition coefficient (Wildman–Crippen LogP) is 9.50. The van der Waals surface area contributed by atoms with Crippen LogP contribution in [0.4, 0.5) is 4.79 Å². The van der Waals surface area contributed by atoms with Crippen molar-refractivity contribution in [2.24, 2.45) is 22.9 Å². The van der Waals surface area contributed by atoms with Crippen molar-refractivity contribution < 1.29 is 38.8 Å². The number of unbranched alkanes of at least 4 members (excludes halogenated alkanes) is 2. The molecule has 0 radical (unpaired) electrons. The molecular formula is C48H62N2O8. The van der Waals surface area contributed by atoms with Crippen molar-refractivity contribution in [3.05, 3.63) is 109 Å². The molecule has 312 valence electrons. The molecule has 0 spiro atoms. The number of amides is 1. The normalized spacial score (nSPS) is 24.2. The van der Waals surface area contributed by atoms with Crippen molar-refractivity contribution in [2.45, 2.75) is 103 Å². The lowest BCUT2D eigenvalue weighted by Gasteiger charge is -2.60. The van der Waals surface area contributed by atoms with Crippen molar-refractivity contribution >= 4 is 22.6 Å². The first-order valence-electron chi connectivity index (χ1n) is 21.0. The highest BCUT2D eigenvalue weighted by molar-refractivity contribution is 6.03. The zero-order valence-electron chi connectivity index (χ0n) is 34.7. The monoisotopic (exact) mass is 794 g/mol. The lowest BCUT2D eigenvalue weighted by Crippen LogP contribution is -2.70. The van der Waals surface area contributed by atoms with Gasteiger partial charge in [0.15, 0.2) is 0 Å². The van der Waals surface area contributed by atoms with Crippen LogP contribution in [0.25, 0.3) is 10.8 Å². The van der Waals surface area contributed by atoms with E-state index in [9.17, 15) is 15.0 Å². The number of hydrogen-bond donors (Lipinski definition) is 2. The Labute approximate surface area is 344 Å². The summed E-state index contributed by atoms with van der Waals surface area (Å²) in [7, 11) is 0. The summed E-state index contributed by atoms with van der Waals surface area (Å²) in [5.74, 6) is -0.494. The van der Waals surface area contributed by atoms with E-state index in [1.54, 1.807) is 17.1 Å². The fourth-order valence-electron chi connectivity index (χ4n) is 9.21. The first-order valence-corrected chi connectivity index (χ1v) is 21.0. The van der Waals surface area contributed by atoms with Crippen molar-refractivity contribution in [3.63, 3.8) is 0 Å². The number of fused-ring (bicyclic) bond motifs is 3. The maximum absolute atomic E-state index is 14.6. The maximum atomic E-state index is 14.6. The van der Waals surface area contributed by atoms with Crippen LogP contribution in [0.2, 0.25) is 0 Å². The second-order valence-corrected chi connectivity index (χ2v) is 16.5. The molecule has 0 saturated heterocycles. The second-order valence-electron chi connectivity index (χ2n) is 16.5. The number of carbonyl (C=O) groups is 1. The Kier molecular flexibility index (Phi) is 14.4. The molecule has 58 heavy (non-hydrogen) atoms. The summed E-state index contributed by atoms with van der Waals surface area (Å²) in [5, 5.41) is 26.9. The molecule has 1 amide bonds. The molecule has 3 aromatic carbocycles. The van der Waals surface area contributed by atoms with Crippen molar-refractivity contribution in [1.82, 2.24) is 4.90 Å². The smallest absolute Gasteiger partial charge is 0.410 e. The molecule has 2 N–H and O–H groups in total. The van der Waals surface area contributed by atoms with Gasteiger partial charge in [-0.1, -0.05) is 85.3 Å². The van der Waals surface area contributed by atoms with E-state index in [0.29, 0.717) is 30.9 Å². The van der Waals surface area contributed by atoms with Gasteiger partial charge in [0.05, 0.1) is 31.4 Å². The van der Waals surface area contributed by atoms with E-state index in [4.69, 9.17) is 28.9 Å². The quantitative estimate of drug-likeness (QED) is 0.0700. The summed E-state index contributed by atoms with van der Waals surface area (Å²) < 4.78 is 26.5. The largest absolute Gasteiger partial charge is 0.490 e. The van der Waals surface area contributed by atoms with Crippen LogP contribution < -0.4 is 9.47 Å². The third-order valence-corrected chi connectivity index (χ3v) is 11.5. The Bertz CT molecular complexity index is 1950. The molecule has 10 heteroatoms. The van der Waals surface area contributed by atoms with Gasteiger partial charge in [-0.15, -0.1) is 6.58 Å². The number of aliphatic hydroxyl groups is 2. The van der Waals surface area contributed by atoms with E-state index < -0.39 is 29.4 Å². The number of hydrogen-bond acceptors (Lipinski definition) is 9. The molecule has 0 unspecified atom stereocenters. The van der Waals surface area contributed by atoms with Gasteiger partial charge >= 0.3 is 6.09 Å². The van der Waals surface area contributed by atoms with Gasteiger partial charge in [0.1, 0.15) is 29.7 Å². The molecule has 3 aromatic rings. The second kappa shape index (κ2) is 19.4.